The first kappa shape index (κ1) is 16.9. The molecule has 0 bridgehead atoms. The molecule has 5 nitrogen and oxygen atoms in total. The molecular weight excluding hydrogens is 304 g/mol. The highest BCUT2D eigenvalue weighted by molar-refractivity contribution is 5.69. The van der Waals surface area contributed by atoms with Gasteiger partial charge >= 0.3 is 6.09 Å². The van der Waals surface area contributed by atoms with Crippen LogP contribution in [0.25, 0.3) is 0 Å². The Bertz CT molecular complexity index is 632. The maximum atomic E-state index is 12.3. The van der Waals surface area contributed by atoms with Gasteiger partial charge in [0.1, 0.15) is 11.4 Å². The van der Waals surface area contributed by atoms with Gasteiger partial charge in [0.15, 0.2) is 0 Å². The third-order valence-corrected chi connectivity index (χ3v) is 4.50. The van der Waals surface area contributed by atoms with Crippen molar-refractivity contribution in [2.75, 3.05) is 18.8 Å². The predicted octanol–water partition coefficient (Wildman–Crippen LogP) is 3.84. The second-order valence-electron chi connectivity index (χ2n) is 7.98. The van der Waals surface area contributed by atoms with Crippen LogP contribution in [-0.4, -0.2) is 35.8 Å². The molecule has 0 radical (unpaired) electrons. The maximum Gasteiger partial charge on any atom is 0.410 e. The number of amides is 1. The first-order valence-corrected chi connectivity index (χ1v) is 8.77. The molecule has 132 valence electrons. The van der Waals surface area contributed by atoms with Gasteiger partial charge in [-0.25, -0.2) is 4.79 Å². The average molecular weight is 332 g/mol. The average Bonchev–Trinajstić information content (AvgIpc) is 3.13. The van der Waals surface area contributed by atoms with Gasteiger partial charge in [-0.05, 0) is 70.2 Å². The summed E-state index contributed by atoms with van der Waals surface area (Å²) in [6, 6.07) is 4.06. The summed E-state index contributed by atoms with van der Waals surface area (Å²) in [4.78, 5) is 14.1. The Labute approximate surface area is 144 Å². The van der Waals surface area contributed by atoms with E-state index in [4.69, 9.17) is 15.2 Å². The fraction of sp³-hybridized carbons (Fsp3) is 0.632. The maximum absolute atomic E-state index is 12.3. The SMILES string of the molecule is Cc1cc(N)c(OC2CC2)cc1C1CCN(C(=O)OC(C)(C)C)C1. The number of rotatable bonds is 3. The summed E-state index contributed by atoms with van der Waals surface area (Å²) in [5, 5.41) is 0. The predicted molar refractivity (Wildman–Crippen MR) is 94.4 cm³/mol. The lowest BCUT2D eigenvalue weighted by Crippen LogP contribution is -2.35. The van der Waals surface area contributed by atoms with Crippen LogP contribution in [0.4, 0.5) is 10.5 Å². The summed E-state index contributed by atoms with van der Waals surface area (Å²) in [7, 11) is 0. The van der Waals surface area contributed by atoms with Crippen LogP contribution in [0.5, 0.6) is 5.75 Å². The van der Waals surface area contributed by atoms with Gasteiger partial charge in [0, 0.05) is 19.0 Å². The number of aryl methyl sites for hydroxylation is 1. The van der Waals surface area contributed by atoms with Crippen molar-refractivity contribution in [3.05, 3.63) is 23.3 Å². The molecule has 0 spiro atoms. The van der Waals surface area contributed by atoms with Gasteiger partial charge in [-0.2, -0.15) is 0 Å². The molecule has 1 aromatic rings. The lowest BCUT2D eigenvalue weighted by atomic mass is 9.93. The molecule has 3 rings (SSSR count). The first-order chi connectivity index (χ1) is 11.2. The lowest BCUT2D eigenvalue weighted by Gasteiger charge is -2.24. The Morgan fingerprint density at radius 2 is 1.96 bits per heavy atom. The van der Waals surface area contributed by atoms with Crippen molar-refractivity contribution in [1.82, 2.24) is 4.90 Å². The molecule has 24 heavy (non-hydrogen) atoms. The van der Waals surface area contributed by atoms with Crippen molar-refractivity contribution in [2.24, 2.45) is 0 Å². The van der Waals surface area contributed by atoms with Gasteiger partial charge in [-0.3, -0.25) is 0 Å². The molecule has 1 aliphatic carbocycles. The molecule has 2 aliphatic rings. The fourth-order valence-electron chi connectivity index (χ4n) is 3.14. The van der Waals surface area contributed by atoms with E-state index in [2.05, 4.69) is 13.0 Å². The van der Waals surface area contributed by atoms with Crippen molar-refractivity contribution < 1.29 is 14.3 Å². The van der Waals surface area contributed by atoms with Gasteiger partial charge in [-0.1, -0.05) is 0 Å². The Kier molecular flexibility index (Phi) is 4.37. The summed E-state index contributed by atoms with van der Waals surface area (Å²) in [6.45, 7) is 9.16. The summed E-state index contributed by atoms with van der Waals surface area (Å²) in [5.41, 5.74) is 8.73. The molecular formula is C19H28N2O3. The Morgan fingerprint density at radius 3 is 2.58 bits per heavy atom. The summed E-state index contributed by atoms with van der Waals surface area (Å²) >= 11 is 0. The minimum Gasteiger partial charge on any atom is -0.488 e. The molecule has 1 saturated carbocycles. The third-order valence-electron chi connectivity index (χ3n) is 4.50. The number of hydrogen-bond donors (Lipinski definition) is 1. The highest BCUT2D eigenvalue weighted by Gasteiger charge is 2.32. The Balaban J connectivity index is 1.72. The molecule has 1 unspecified atom stereocenters. The second kappa shape index (κ2) is 6.19. The van der Waals surface area contributed by atoms with Crippen LogP contribution in [0.15, 0.2) is 12.1 Å². The Hall–Kier alpha value is -1.91. The molecule has 1 aromatic carbocycles. The van der Waals surface area contributed by atoms with E-state index in [1.807, 2.05) is 26.8 Å². The molecule has 1 aliphatic heterocycles. The Morgan fingerprint density at radius 1 is 1.25 bits per heavy atom. The number of nitrogens with zero attached hydrogens (tertiary/aromatic N) is 1. The van der Waals surface area contributed by atoms with Crippen LogP contribution in [-0.2, 0) is 4.74 Å². The van der Waals surface area contributed by atoms with Crippen LogP contribution in [0.1, 0.15) is 57.1 Å². The molecule has 5 heteroatoms. The fourth-order valence-corrected chi connectivity index (χ4v) is 3.14. The number of anilines is 1. The molecule has 0 aromatic heterocycles. The van der Waals surface area contributed by atoms with Crippen LogP contribution < -0.4 is 10.5 Å². The van der Waals surface area contributed by atoms with Crippen molar-refractivity contribution in [3.63, 3.8) is 0 Å². The van der Waals surface area contributed by atoms with Crippen LogP contribution in [0.3, 0.4) is 0 Å². The van der Waals surface area contributed by atoms with Crippen LogP contribution >= 0.6 is 0 Å². The smallest absolute Gasteiger partial charge is 0.410 e. The van der Waals surface area contributed by atoms with Gasteiger partial charge in [0.05, 0.1) is 11.8 Å². The van der Waals surface area contributed by atoms with Gasteiger partial charge in [-0.15, -0.1) is 0 Å². The topological polar surface area (TPSA) is 64.8 Å². The van der Waals surface area contributed by atoms with Crippen molar-refractivity contribution in [2.45, 2.75) is 64.6 Å². The minimum absolute atomic E-state index is 0.229. The zero-order valence-corrected chi connectivity index (χ0v) is 15.1. The molecule has 1 saturated heterocycles. The minimum atomic E-state index is -0.461. The highest BCUT2D eigenvalue weighted by atomic mass is 16.6. The standard InChI is InChI=1S/C19H28N2O3/c1-12-9-16(20)17(23-14-5-6-14)10-15(12)13-7-8-21(11-13)18(22)24-19(2,3)4/h9-10,13-14H,5-8,11,20H2,1-4H3. The normalized spacial score (nSPS) is 21.0. The van der Waals surface area contributed by atoms with Crippen LogP contribution in [0.2, 0.25) is 0 Å². The van der Waals surface area contributed by atoms with E-state index in [1.165, 1.54) is 5.56 Å². The zero-order valence-electron chi connectivity index (χ0n) is 15.1. The van der Waals surface area contributed by atoms with E-state index >= 15 is 0 Å². The summed E-state index contributed by atoms with van der Waals surface area (Å²) in [6.07, 6.45) is 3.25. The number of likely N-dealkylation sites (tertiary alicyclic amines) is 1. The number of nitrogens with two attached hydrogens (primary N) is 1. The quantitative estimate of drug-likeness (QED) is 0.854. The van der Waals surface area contributed by atoms with Crippen molar-refractivity contribution >= 4 is 11.8 Å². The number of carbonyl (C=O) groups is 1. The monoisotopic (exact) mass is 332 g/mol. The molecule has 1 amide bonds. The van der Waals surface area contributed by atoms with E-state index in [9.17, 15) is 4.79 Å². The summed E-state index contributed by atoms with van der Waals surface area (Å²) in [5.74, 6) is 1.09. The number of hydrogen-bond acceptors (Lipinski definition) is 4. The van der Waals surface area contributed by atoms with Gasteiger partial charge in [0.2, 0.25) is 0 Å². The first-order valence-electron chi connectivity index (χ1n) is 8.77. The van der Waals surface area contributed by atoms with Gasteiger partial charge < -0.3 is 20.1 Å². The number of ether oxygens (including phenoxy) is 2. The number of benzene rings is 1. The van der Waals surface area contributed by atoms with E-state index in [0.29, 0.717) is 24.3 Å². The van der Waals surface area contributed by atoms with Crippen molar-refractivity contribution in [1.29, 1.82) is 0 Å². The molecule has 1 heterocycles. The molecule has 2 fully saturated rings. The summed E-state index contributed by atoms with van der Waals surface area (Å²) < 4.78 is 11.4. The number of nitrogen functional groups attached to an aromatic ring is 1. The van der Waals surface area contributed by atoms with E-state index in [1.54, 1.807) is 4.90 Å². The third kappa shape index (κ3) is 3.94. The zero-order chi connectivity index (χ0) is 17.5. The van der Waals surface area contributed by atoms with E-state index < -0.39 is 5.60 Å². The molecule has 1 atom stereocenters. The van der Waals surface area contributed by atoms with E-state index in [-0.39, 0.29) is 6.09 Å². The van der Waals surface area contributed by atoms with Crippen LogP contribution in [0, 0.1) is 6.92 Å². The number of carbonyl (C=O) groups excluding carboxylic acids is 1. The van der Waals surface area contributed by atoms with Gasteiger partial charge in [0.25, 0.3) is 0 Å². The highest BCUT2D eigenvalue weighted by Crippen LogP contribution is 2.37. The van der Waals surface area contributed by atoms with E-state index in [0.717, 1.165) is 37.1 Å². The van der Waals surface area contributed by atoms with Crippen molar-refractivity contribution in [3.8, 4) is 5.75 Å². The second-order valence-corrected chi connectivity index (χ2v) is 7.98. The largest absolute Gasteiger partial charge is 0.488 e. The lowest BCUT2D eigenvalue weighted by molar-refractivity contribution is 0.0292. The molecule has 2 N–H and O–H groups in total.